The molecule has 5 aromatic rings. The largest absolute Gasteiger partial charge is 0.507 e. The Labute approximate surface area is 476 Å². The number of phenolic OH excluding ortho intramolecular Hbond substituents is 2. The third-order valence-corrected chi connectivity index (χ3v) is 13.7. The quantitative estimate of drug-likeness (QED) is 0.0551. The molecule has 1 saturated heterocycles. The number of aliphatic carboxylic acids is 1. The number of para-hydroxylation sites is 4. The van der Waals surface area contributed by atoms with Gasteiger partial charge in [-0.1, -0.05) is 54.6 Å². The number of hydrogen-bond acceptors (Lipinski definition) is 15. The van der Waals surface area contributed by atoms with Crippen molar-refractivity contribution in [3.8, 4) is 11.5 Å². The number of amides is 8. The Hall–Kier alpha value is -9.97. The summed E-state index contributed by atoms with van der Waals surface area (Å²) in [7, 11) is 0. The summed E-state index contributed by atoms with van der Waals surface area (Å²) in [5.74, 6) is -6.42. The normalized spacial score (nSPS) is 17.7. The van der Waals surface area contributed by atoms with Crippen LogP contribution < -0.4 is 40.9 Å². The zero-order valence-electron chi connectivity index (χ0n) is 46.2. The van der Waals surface area contributed by atoms with Gasteiger partial charge in [-0.15, -0.1) is 0 Å². The molecule has 24 heteroatoms. The summed E-state index contributed by atoms with van der Waals surface area (Å²) in [5.41, 5.74) is 4.42. The number of hydrogen-bond donors (Lipinski definition) is 7. The van der Waals surface area contributed by atoms with Crippen LogP contribution in [0.25, 0.3) is 0 Å². The Morgan fingerprint density at radius 2 is 1.05 bits per heavy atom. The van der Waals surface area contributed by atoms with Crippen molar-refractivity contribution >= 4 is 88.2 Å². The lowest BCUT2D eigenvalue weighted by Gasteiger charge is -2.26. The van der Waals surface area contributed by atoms with Crippen molar-refractivity contribution < 1.29 is 77.5 Å². The first-order chi connectivity index (χ1) is 39.4. The number of esters is 1. The molecule has 0 aromatic heterocycles. The Balaban J connectivity index is 0.000000242. The molecule has 8 rings (SSSR count). The number of carboxylic acid groups (broad SMARTS) is 1. The van der Waals surface area contributed by atoms with E-state index >= 15 is 0 Å². The number of carbonyl (C=O) groups is 11. The molecule has 0 spiro atoms. The minimum Gasteiger partial charge on any atom is -0.507 e. The second-order valence-corrected chi connectivity index (χ2v) is 20.0. The summed E-state index contributed by atoms with van der Waals surface area (Å²) in [6, 6.07) is 23.7. The number of carboxylic acids is 1. The van der Waals surface area contributed by atoms with Gasteiger partial charge in [-0.25, -0.2) is 0 Å². The minimum atomic E-state index is -1.30. The monoisotopic (exact) mass is 1140 g/mol. The molecule has 3 aliphatic rings. The van der Waals surface area contributed by atoms with Crippen molar-refractivity contribution in [2.45, 2.75) is 91.4 Å². The molecule has 0 bridgehead atoms. The minimum absolute atomic E-state index is 0.0408. The molecule has 1 fully saturated rings. The van der Waals surface area contributed by atoms with Crippen molar-refractivity contribution in [1.29, 1.82) is 0 Å². The van der Waals surface area contributed by atoms with E-state index in [-0.39, 0.29) is 66.6 Å². The fraction of sp³-hybridized carbons (Fsp3) is 0.305. The molecule has 24 nitrogen and oxygen atoms in total. The fourth-order valence-corrected chi connectivity index (χ4v) is 9.64. The molecule has 0 unspecified atom stereocenters. The lowest BCUT2D eigenvalue weighted by molar-refractivity contribution is -0.168. The summed E-state index contributed by atoms with van der Waals surface area (Å²) in [4.78, 5) is 145. The molecule has 5 atom stereocenters. The van der Waals surface area contributed by atoms with Crippen LogP contribution in [-0.2, 0) is 59.2 Å². The molecule has 7 N–H and O–H groups in total. The van der Waals surface area contributed by atoms with Crippen molar-refractivity contribution in [2.75, 3.05) is 45.8 Å². The van der Waals surface area contributed by atoms with Crippen LogP contribution in [0, 0.1) is 27.7 Å². The number of fused-ring (bicyclic) bond motifs is 2. The molecule has 0 aliphatic carbocycles. The third kappa shape index (κ3) is 14.7. The van der Waals surface area contributed by atoms with Crippen molar-refractivity contribution in [2.24, 2.45) is 0 Å². The summed E-state index contributed by atoms with van der Waals surface area (Å²) in [5, 5.41) is 39.5. The second-order valence-electron chi connectivity index (χ2n) is 20.0. The topological polar surface area (TPSA) is 328 Å². The molecule has 434 valence electrons. The molecule has 0 radical (unpaired) electrons. The smallest absolute Gasteiger partial charge is 0.310 e. The van der Waals surface area contributed by atoms with Crippen LogP contribution in [0.2, 0.25) is 0 Å². The average Bonchev–Trinajstić information content (AvgIpc) is 3.92. The predicted molar refractivity (Wildman–Crippen MR) is 299 cm³/mol. The van der Waals surface area contributed by atoms with Gasteiger partial charge in [0.05, 0.1) is 61.3 Å². The van der Waals surface area contributed by atoms with Gasteiger partial charge < -0.3 is 60.7 Å². The van der Waals surface area contributed by atoms with Gasteiger partial charge >= 0.3 is 11.9 Å². The number of ether oxygens (including phenoxy) is 2. The first kappa shape index (κ1) is 60.7. The van der Waals surface area contributed by atoms with Crippen LogP contribution in [0.15, 0.2) is 103 Å². The highest BCUT2D eigenvalue weighted by molar-refractivity contribution is 6.12. The molecule has 0 saturated carbocycles. The number of cyclic esters (lactones) is 1. The Kier molecular flexibility index (Phi) is 19.4. The molecule has 3 heterocycles. The first-order valence-electron chi connectivity index (χ1n) is 26.1. The van der Waals surface area contributed by atoms with E-state index in [0.29, 0.717) is 39.3 Å². The van der Waals surface area contributed by atoms with Crippen molar-refractivity contribution in [3.63, 3.8) is 0 Å². The number of aromatic hydroxyl groups is 2. The van der Waals surface area contributed by atoms with Gasteiger partial charge in [0, 0.05) is 25.0 Å². The van der Waals surface area contributed by atoms with Crippen molar-refractivity contribution in [3.05, 3.63) is 142 Å². The first-order valence-corrected chi connectivity index (χ1v) is 26.1. The summed E-state index contributed by atoms with van der Waals surface area (Å²) < 4.78 is 11.1. The van der Waals surface area contributed by atoms with Gasteiger partial charge in [-0.05, 0) is 104 Å². The average molecular weight is 1140 g/mol. The van der Waals surface area contributed by atoms with Crippen LogP contribution in [-0.4, -0.2) is 137 Å². The molecular weight excluding hydrogens is 1080 g/mol. The van der Waals surface area contributed by atoms with E-state index in [1.54, 1.807) is 70.2 Å². The number of benzene rings is 5. The van der Waals surface area contributed by atoms with E-state index in [0.717, 1.165) is 10.5 Å². The SMILES string of the molecule is CC(=O)N1C[C@H](NC(=O)c2cc(C)c(O)c(C)c2)C(=O)N(CC(=O)N[C@H](C=O)CC(=O)O)c2ccccc21.CC(=O)N1C[C@H](NC(=O)c2cc(C)c(O)c(C)c2)C(=O)N(CC(=O)N[C@H]2CC(=O)O[C@H]2OCc2ccccc2)c2ccccc21. The number of carbonyl (C=O) groups excluding carboxylic acids is 10. The zero-order valence-corrected chi connectivity index (χ0v) is 46.2. The number of rotatable bonds is 16. The maximum atomic E-state index is 14.0. The summed E-state index contributed by atoms with van der Waals surface area (Å²) >= 11 is 0. The van der Waals surface area contributed by atoms with Gasteiger partial charge in [-0.3, -0.25) is 57.7 Å². The molecule has 83 heavy (non-hydrogen) atoms. The number of nitrogens with one attached hydrogen (secondary N) is 4. The van der Waals surface area contributed by atoms with Crippen LogP contribution in [0.1, 0.15) is 75.2 Å². The third-order valence-electron chi connectivity index (χ3n) is 13.7. The van der Waals surface area contributed by atoms with Gasteiger partial charge in [0.2, 0.25) is 29.9 Å². The van der Waals surface area contributed by atoms with E-state index in [1.807, 2.05) is 30.3 Å². The van der Waals surface area contributed by atoms with Gasteiger partial charge in [0.15, 0.2) is 0 Å². The van der Waals surface area contributed by atoms with E-state index < -0.39 is 103 Å². The molecular formula is C59H62N8O16. The molecule has 3 aliphatic heterocycles. The summed E-state index contributed by atoms with van der Waals surface area (Å²) in [6.07, 6.45) is -1.49. The fourth-order valence-electron chi connectivity index (χ4n) is 9.64. The van der Waals surface area contributed by atoms with Crippen LogP contribution in [0.4, 0.5) is 22.7 Å². The van der Waals surface area contributed by atoms with Gasteiger partial charge in [0.25, 0.3) is 23.6 Å². The van der Waals surface area contributed by atoms with E-state index in [1.165, 1.54) is 58.9 Å². The predicted octanol–water partition coefficient (Wildman–Crippen LogP) is 3.15. The summed E-state index contributed by atoms with van der Waals surface area (Å²) in [6.45, 7) is 7.91. The van der Waals surface area contributed by atoms with E-state index in [2.05, 4.69) is 21.3 Å². The number of phenols is 2. The highest BCUT2D eigenvalue weighted by atomic mass is 16.7. The Morgan fingerprint density at radius 3 is 1.47 bits per heavy atom. The second kappa shape index (κ2) is 26.5. The van der Waals surface area contributed by atoms with E-state index in [4.69, 9.17) is 14.6 Å². The van der Waals surface area contributed by atoms with E-state index in [9.17, 15) is 63.0 Å². The standard InChI is InChI=1S/C33H34N4O8.C26H28N4O8/c1-19-13-23(14-20(2)30(19)41)31(42)35-25-16-36(21(3)38)26-11-7-8-12-27(26)37(32(25)43)17-28(39)34-24-15-29(40)45-33(24)44-18-22-9-5-4-6-10-22;1-14-8-17(9-15(2)24(14)36)25(37)28-19-11-29(16(3)32)20-6-4-5-7-21(20)30(26(19)38)12-22(33)27-18(13-31)10-23(34)35/h4-14,24-25,33,41H,15-18H2,1-3H3,(H,34,39)(H,35,42);4-9,13,18-19,36H,10-12H2,1-3H3,(H,27,33)(H,28,37)(H,34,35)/t24-,25-,33+;18-,19-/m00/s1. The maximum absolute atomic E-state index is 14.0. The highest BCUT2D eigenvalue weighted by Gasteiger charge is 2.41. The number of anilines is 4. The zero-order chi connectivity index (χ0) is 60.4. The lowest BCUT2D eigenvalue weighted by Crippen LogP contribution is -2.55. The highest BCUT2D eigenvalue weighted by Crippen LogP contribution is 2.35. The van der Waals surface area contributed by atoms with Gasteiger partial charge in [0.1, 0.15) is 49.0 Å². The molecule has 8 amide bonds. The molecule has 5 aromatic carbocycles. The lowest BCUT2D eigenvalue weighted by atomic mass is 10.0. The Bertz CT molecular complexity index is 3340. The van der Waals surface area contributed by atoms with Crippen LogP contribution in [0.3, 0.4) is 0 Å². The van der Waals surface area contributed by atoms with Crippen molar-refractivity contribution in [1.82, 2.24) is 21.3 Å². The van der Waals surface area contributed by atoms with Crippen LogP contribution in [0.5, 0.6) is 11.5 Å². The van der Waals surface area contributed by atoms with Gasteiger partial charge in [-0.2, -0.15) is 0 Å². The number of aldehydes is 1. The maximum Gasteiger partial charge on any atom is 0.310 e. The Morgan fingerprint density at radius 1 is 0.627 bits per heavy atom. The van der Waals surface area contributed by atoms with Crippen LogP contribution >= 0.6 is 0 Å². The number of nitrogens with zero attached hydrogens (tertiary/aromatic N) is 4. The number of aryl methyl sites for hydroxylation is 4.